The van der Waals surface area contributed by atoms with Gasteiger partial charge >= 0.3 is 5.97 Å². The van der Waals surface area contributed by atoms with Gasteiger partial charge in [-0.2, -0.15) is 0 Å². The van der Waals surface area contributed by atoms with Crippen LogP contribution in [0.4, 0.5) is 0 Å². The molecule has 0 saturated heterocycles. The molecule has 1 N–H and O–H groups in total. The van der Waals surface area contributed by atoms with Crippen LogP contribution < -0.4 is 0 Å². The highest BCUT2D eigenvalue weighted by Crippen LogP contribution is 2.28. The van der Waals surface area contributed by atoms with Gasteiger partial charge in [0.15, 0.2) is 0 Å². The third kappa shape index (κ3) is 2.40. The molecule has 0 amide bonds. The lowest BCUT2D eigenvalue weighted by molar-refractivity contribution is 0.0699. The van der Waals surface area contributed by atoms with Crippen LogP contribution in [0.5, 0.6) is 0 Å². The first-order valence-corrected chi connectivity index (χ1v) is 7.76. The standard InChI is InChI=1S/C21H15NO2/c1-13-6-9-19-17(10-13)18(21(23)24)12-20(22-19)16-8-7-14-4-2-3-5-15(14)11-16/h2-12H,1H3,(H,23,24). The Bertz CT molecular complexity index is 1100. The van der Waals surface area contributed by atoms with Crippen LogP contribution in [0, 0.1) is 6.92 Å². The van der Waals surface area contributed by atoms with E-state index in [2.05, 4.69) is 11.1 Å². The predicted octanol–water partition coefficient (Wildman–Crippen LogP) is 5.06. The Hall–Kier alpha value is -3.20. The summed E-state index contributed by atoms with van der Waals surface area (Å²) in [5.41, 5.74) is 3.59. The van der Waals surface area contributed by atoms with Crippen LogP contribution in [-0.4, -0.2) is 16.1 Å². The number of hydrogen-bond acceptors (Lipinski definition) is 2. The number of aromatic carboxylic acids is 1. The van der Waals surface area contributed by atoms with E-state index < -0.39 is 5.97 Å². The van der Waals surface area contributed by atoms with Gasteiger partial charge in [0.25, 0.3) is 0 Å². The van der Waals surface area contributed by atoms with E-state index in [0.29, 0.717) is 16.6 Å². The molecule has 3 aromatic carbocycles. The van der Waals surface area contributed by atoms with E-state index in [0.717, 1.165) is 21.9 Å². The number of hydrogen-bond donors (Lipinski definition) is 1. The number of benzene rings is 3. The first-order chi connectivity index (χ1) is 11.6. The number of fused-ring (bicyclic) bond motifs is 2. The van der Waals surface area contributed by atoms with E-state index in [1.54, 1.807) is 6.07 Å². The highest BCUT2D eigenvalue weighted by molar-refractivity contribution is 6.04. The lowest BCUT2D eigenvalue weighted by Crippen LogP contribution is -2.00. The quantitative estimate of drug-likeness (QED) is 0.562. The molecule has 24 heavy (non-hydrogen) atoms. The molecule has 0 saturated carbocycles. The monoisotopic (exact) mass is 313 g/mol. The van der Waals surface area contributed by atoms with Gasteiger partial charge in [-0.1, -0.05) is 48.0 Å². The van der Waals surface area contributed by atoms with Crippen molar-refractivity contribution in [3.05, 3.63) is 77.9 Å². The highest BCUT2D eigenvalue weighted by atomic mass is 16.4. The summed E-state index contributed by atoms with van der Waals surface area (Å²) in [5.74, 6) is -0.935. The SMILES string of the molecule is Cc1ccc2nc(-c3ccc4ccccc4c3)cc(C(=O)O)c2c1. The van der Waals surface area contributed by atoms with Crippen LogP contribution in [0.2, 0.25) is 0 Å². The van der Waals surface area contributed by atoms with Gasteiger partial charge in [-0.3, -0.25) is 0 Å². The number of aromatic nitrogens is 1. The second-order valence-corrected chi connectivity index (χ2v) is 5.94. The fraction of sp³-hybridized carbons (Fsp3) is 0.0476. The average molecular weight is 313 g/mol. The molecule has 0 aliphatic carbocycles. The molecular formula is C21H15NO2. The molecular weight excluding hydrogens is 298 g/mol. The number of rotatable bonds is 2. The molecule has 0 radical (unpaired) electrons. The van der Waals surface area contributed by atoms with Crippen molar-refractivity contribution in [1.29, 1.82) is 0 Å². The van der Waals surface area contributed by atoms with Gasteiger partial charge in [0.2, 0.25) is 0 Å². The maximum atomic E-state index is 11.7. The molecule has 0 bridgehead atoms. The molecule has 1 heterocycles. The minimum absolute atomic E-state index is 0.284. The fourth-order valence-corrected chi connectivity index (χ4v) is 3.01. The summed E-state index contributed by atoms with van der Waals surface area (Å²) in [7, 11) is 0. The molecule has 116 valence electrons. The molecule has 0 aliphatic rings. The molecule has 1 aromatic heterocycles. The molecule has 4 aromatic rings. The molecule has 4 rings (SSSR count). The number of carbonyl (C=O) groups is 1. The largest absolute Gasteiger partial charge is 0.478 e. The van der Waals surface area contributed by atoms with Crippen LogP contribution in [0.1, 0.15) is 15.9 Å². The zero-order valence-electron chi connectivity index (χ0n) is 13.2. The Morgan fingerprint density at radius 3 is 2.50 bits per heavy atom. The second kappa shape index (κ2) is 5.46. The molecule has 0 aliphatic heterocycles. The number of pyridine rings is 1. The Morgan fingerprint density at radius 1 is 0.917 bits per heavy atom. The van der Waals surface area contributed by atoms with Crippen molar-refractivity contribution in [2.24, 2.45) is 0 Å². The van der Waals surface area contributed by atoms with Gasteiger partial charge < -0.3 is 5.11 Å². The number of carboxylic acid groups (broad SMARTS) is 1. The van der Waals surface area contributed by atoms with Gasteiger partial charge in [-0.25, -0.2) is 9.78 Å². The molecule has 0 unspecified atom stereocenters. The van der Waals surface area contributed by atoms with E-state index in [4.69, 9.17) is 0 Å². The lowest BCUT2D eigenvalue weighted by atomic mass is 10.0. The van der Waals surface area contributed by atoms with Crippen molar-refractivity contribution in [3.63, 3.8) is 0 Å². The van der Waals surface area contributed by atoms with E-state index in [1.807, 2.05) is 61.5 Å². The highest BCUT2D eigenvalue weighted by Gasteiger charge is 2.13. The Balaban J connectivity index is 1.98. The normalized spacial score (nSPS) is 11.0. The van der Waals surface area contributed by atoms with Gasteiger partial charge in [0.1, 0.15) is 0 Å². The van der Waals surface area contributed by atoms with Crippen LogP contribution >= 0.6 is 0 Å². The molecule has 0 spiro atoms. The molecule has 0 atom stereocenters. The van der Waals surface area contributed by atoms with Crippen LogP contribution in [0.3, 0.4) is 0 Å². The van der Waals surface area contributed by atoms with Gasteiger partial charge in [0, 0.05) is 10.9 Å². The Kier molecular flexibility index (Phi) is 3.28. The van der Waals surface area contributed by atoms with Crippen LogP contribution in [0.25, 0.3) is 32.9 Å². The van der Waals surface area contributed by atoms with Crippen molar-refractivity contribution >= 4 is 27.6 Å². The summed E-state index contributed by atoms with van der Waals surface area (Å²) in [4.78, 5) is 16.4. The molecule has 3 nitrogen and oxygen atoms in total. The summed E-state index contributed by atoms with van der Waals surface area (Å²) in [6.07, 6.45) is 0. The summed E-state index contributed by atoms with van der Waals surface area (Å²) in [6, 6.07) is 21.5. The van der Waals surface area contributed by atoms with Crippen LogP contribution in [-0.2, 0) is 0 Å². The maximum Gasteiger partial charge on any atom is 0.336 e. The first-order valence-electron chi connectivity index (χ1n) is 7.76. The predicted molar refractivity (Wildman–Crippen MR) is 96.4 cm³/mol. The second-order valence-electron chi connectivity index (χ2n) is 5.94. The number of nitrogens with zero attached hydrogens (tertiary/aromatic N) is 1. The van der Waals surface area contributed by atoms with Crippen molar-refractivity contribution in [1.82, 2.24) is 4.98 Å². The van der Waals surface area contributed by atoms with Crippen molar-refractivity contribution in [3.8, 4) is 11.3 Å². The minimum atomic E-state index is -0.935. The summed E-state index contributed by atoms with van der Waals surface area (Å²) < 4.78 is 0. The lowest BCUT2D eigenvalue weighted by Gasteiger charge is -2.09. The van der Waals surface area contributed by atoms with Crippen molar-refractivity contribution < 1.29 is 9.90 Å². The van der Waals surface area contributed by atoms with E-state index in [9.17, 15) is 9.90 Å². The zero-order chi connectivity index (χ0) is 16.7. The van der Waals surface area contributed by atoms with Gasteiger partial charge in [0.05, 0.1) is 16.8 Å². The summed E-state index contributed by atoms with van der Waals surface area (Å²) in [5, 5.41) is 12.5. The zero-order valence-corrected chi connectivity index (χ0v) is 13.2. The van der Waals surface area contributed by atoms with E-state index >= 15 is 0 Å². The molecule has 0 fully saturated rings. The third-order valence-electron chi connectivity index (χ3n) is 4.24. The van der Waals surface area contributed by atoms with Crippen LogP contribution in [0.15, 0.2) is 66.7 Å². The Morgan fingerprint density at radius 2 is 1.71 bits per heavy atom. The number of aryl methyl sites for hydroxylation is 1. The summed E-state index contributed by atoms with van der Waals surface area (Å²) >= 11 is 0. The van der Waals surface area contributed by atoms with E-state index in [-0.39, 0.29) is 5.56 Å². The summed E-state index contributed by atoms with van der Waals surface area (Å²) in [6.45, 7) is 1.95. The van der Waals surface area contributed by atoms with Crippen molar-refractivity contribution in [2.75, 3.05) is 0 Å². The average Bonchev–Trinajstić information content (AvgIpc) is 2.60. The fourth-order valence-electron chi connectivity index (χ4n) is 3.01. The smallest absolute Gasteiger partial charge is 0.336 e. The first kappa shape index (κ1) is 14.4. The topological polar surface area (TPSA) is 50.2 Å². The van der Waals surface area contributed by atoms with Gasteiger partial charge in [-0.15, -0.1) is 0 Å². The maximum absolute atomic E-state index is 11.7. The molecule has 3 heteroatoms. The minimum Gasteiger partial charge on any atom is -0.478 e. The number of carboxylic acids is 1. The van der Waals surface area contributed by atoms with E-state index in [1.165, 1.54) is 0 Å². The van der Waals surface area contributed by atoms with Gasteiger partial charge in [-0.05, 0) is 42.0 Å². The third-order valence-corrected chi connectivity index (χ3v) is 4.24. The Labute approximate surface area is 139 Å². The van der Waals surface area contributed by atoms with Crippen molar-refractivity contribution in [2.45, 2.75) is 6.92 Å².